The molecular weight excluding hydrogens is 254 g/mol. The molecule has 1 fully saturated rings. The number of nitrogens with two attached hydrogens (primary N) is 1. The number of carbonyl (C=O) groups excluding carboxylic acids is 1. The lowest BCUT2D eigenvalue weighted by Crippen LogP contribution is -2.39. The second-order valence-corrected chi connectivity index (χ2v) is 6.63. The van der Waals surface area contributed by atoms with E-state index in [-0.39, 0.29) is 11.3 Å². The van der Waals surface area contributed by atoms with Gasteiger partial charge in [-0.3, -0.25) is 4.79 Å². The van der Waals surface area contributed by atoms with E-state index in [1.807, 2.05) is 12.1 Å². The van der Waals surface area contributed by atoms with E-state index in [1.165, 1.54) is 22.9 Å². The molecule has 100 valence electrons. The van der Waals surface area contributed by atoms with Crippen molar-refractivity contribution in [1.29, 1.82) is 0 Å². The molecule has 0 aliphatic heterocycles. The van der Waals surface area contributed by atoms with Gasteiger partial charge in [-0.05, 0) is 35.2 Å². The first-order valence-electron chi connectivity index (χ1n) is 6.92. The van der Waals surface area contributed by atoms with Gasteiger partial charge in [0.25, 0.3) is 0 Å². The van der Waals surface area contributed by atoms with E-state index in [9.17, 15) is 4.79 Å². The van der Waals surface area contributed by atoms with Crippen molar-refractivity contribution in [1.82, 2.24) is 0 Å². The highest BCUT2D eigenvalue weighted by Crippen LogP contribution is 2.31. The SMILES string of the molecule is NC1(CC(=O)Cc2csc3ccccc23)CCCC1. The highest BCUT2D eigenvalue weighted by atomic mass is 32.1. The van der Waals surface area contributed by atoms with Crippen LogP contribution in [-0.4, -0.2) is 11.3 Å². The fraction of sp³-hybridized carbons (Fsp3) is 0.438. The molecule has 0 bridgehead atoms. The van der Waals surface area contributed by atoms with E-state index in [4.69, 9.17) is 5.73 Å². The van der Waals surface area contributed by atoms with Gasteiger partial charge in [0.2, 0.25) is 0 Å². The molecule has 0 saturated heterocycles. The van der Waals surface area contributed by atoms with Crippen LogP contribution in [0.2, 0.25) is 0 Å². The molecule has 3 rings (SSSR count). The van der Waals surface area contributed by atoms with Crippen LogP contribution in [0, 0.1) is 0 Å². The average Bonchev–Trinajstić information content (AvgIpc) is 2.97. The molecule has 3 heteroatoms. The number of ketones is 1. The molecule has 0 atom stereocenters. The lowest BCUT2D eigenvalue weighted by atomic mass is 9.90. The Hall–Kier alpha value is -1.19. The lowest BCUT2D eigenvalue weighted by molar-refractivity contribution is -0.119. The van der Waals surface area contributed by atoms with Gasteiger partial charge in [0, 0.05) is 23.1 Å². The van der Waals surface area contributed by atoms with Crippen LogP contribution >= 0.6 is 11.3 Å². The molecule has 1 aliphatic carbocycles. The molecule has 0 amide bonds. The fourth-order valence-electron chi connectivity index (χ4n) is 3.09. The predicted molar refractivity (Wildman–Crippen MR) is 80.5 cm³/mol. The van der Waals surface area contributed by atoms with Crippen molar-refractivity contribution in [3.05, 3.63) is 35.2 Å². The number of hydrogen-bond acceptors (Lipinski definition) is 3. The van der Waals surface area contributed by atoms with Crippen LogP contribution in [0.3, 0.4) is 0 Å². The van der Waals surface area contributed by atoms with Gasteiger partial charge >= 0.3 is 0 Å². The highest BCUT2D eigenvalue weighted by Gasteiger charge is 2.31. The van der Waals surface area contributed by atoms with Crippen molar-refractivity contribution in [2.24, 2.45) is 5.73 Å². The van der Waals surface area contributed by atoms with Gasteiger partial charge in [-0.25, -0.2) is 0 Å². The number of rotatable bonds is 4. The Morgan fingerprint density at radius 3 is 2.79 bits per heavy atom. The van der Waals surface area contributed by atoms with Gasteiger partial charge in [-0.15, -0.1) is 11.3 Å². The Morgan fingerprint density at radius 1 is 1.26 bits per heavy atom. The topological polar surface area (TPSA) is 43.1 Å². The molecule has 2 nitrogen and oxygen atoms in total. The molecule has 0 unspecified atom stereocenters. The Bertz CT molecular complexity index is 596. The minimum atomic E-state index is -0.219. The standard InChI is InChI=1S/C16H19NOS/c17-16(7-3-4-8-16)10-13(18)9-12-11-19-15-6-2-1-5-14(12)15/h1-2,5-6,11H,3-4,7-10,17H2. The van der Waals surface area contributed by atoms with Crippen LogP contribution in [0.4, 0.5) is 0 Å². The number of carbonyl (C=O) groups is 1. The van der Waals surface area contributed by atoms with E-state index in [2.05, 4.69) is 17.5 Å². The largest absolute Gasteiger partial charge is 0.325 e. The second kappa shape index (κ2) is 5.06. The summed E-state index contributed by atoms with van der Waals surface area (Å²) in [6.45, 7) is 0. The van der Waals surface area contributed by atoms with Gasteiger partial charge in [-0.2, -0.15) is 0 Å². The first kappa shape index (κ1) is 12.8. The predicted octanol–water partition coefficient (Wildman–Crippen LogP) is 3.67. The number of Topliss-reactive ketones (excluding diaryl/α,β-unsaturated/α-hetero) is 1. The number of benzene rings is 1. The first-order valence-corrected chi connectivity index (χ1v) is 7.80. The van der Waals surface area contributed by atoms with Crippen LogP contribution in [0.15, 0.2) is 29.6 Å². The van der Waals surface area contributed by atoms with Crippen molar-refractivity contribution in [3.63, 3.8) is 0 Å². The quantitative estimate of drug-likeness (QED) is 0.923. The molecule has 1 heterocycles. The normalized spacial score (nSPS) is 17.9. The minimum absolute atomic E-state index is 0.219. The van der Waals surface area contributed by atoms with Crippen molar-refractivity contribution < 1.29 is 4.79 Å². The summed E-state index contributed by atoms with van der Waals surface area (Å²) in [6, 6.07) is 8.28. The third-order valence-corrected chi connectivity index (χ3v) is 5.11. The van der Waals surface area contributed by atoms with Gasteiger partial charge in [-0.1, -0.05) is 31.0 Å². The third-order valence-electron chi connectivity index (χ3n) is 4.10. The minimum Gasteiger partial charge on any atom is -0.325 e. The molecule has 2 N–H and O–H groups in total. The third kappa shape index (κ3) is 2.72. The van der Waals surface area contributed by atoms with Crippen LogP contribution in [0.1, 0.15) is 37.7 Å². The van der Waals surface area contributed by atoms with Crippen molar-refractivity contribution in [2.75, 3.05) is 0 Å². The number of thiophene rings is 1. The first-order chi connectivity index (χ1) is 9.16. The fourth-order valence-corrected chi connectivity index (χ4v) is 4.06. The number of hydrogen-bond donors (Lipinski definition) is 1. The van der Waals surface area contributed by atoms with Gasteiger partial charge in [0.1, 0.15) is 5.78 Å². The molecule has 0 spiro atoms. The maximum Gasteiger partial charge on any atom is 0.139 e. The van der Waals surface area contributed by atoms with Crippen molar-refractivity contribution in [3.8, 4) is 0 Å². The second-order valence-electron chi connectivity index (χ2n) is 5.72. The Kier molecular flexibility index (Phi) is 3.42. The summed E-state index contributed by atoms with van der Waals surface area (Å²) in [4.78, 5) is 12.2. The average molecular weight is 273 g/mol. The molecule has 1 aromatic heterocycles. The monoisotopic (exact) mass is 273 g/mol. The molecule has 1 aliphatic rings. The van der Waals surface area contributed by atoms with Crippen molar-refractivity contribution >= 4 is 27.2 Å². The maximum absolute atomic E-state index is 12.2. The molecule has 19 heavy (non-hydrogen) atoms. The van der Waals surface area contributed by atoms with Gasteiger partial charge < -0.3 is 5.73 Å². The molecular formula is C16H19NOS. The van der Waals surface area contributed by atoms with Crippen LogP contribution in [0.5, 0.6) is 0 Å². The van der Waals surface area contributed by atoms with E-state index in [0.29, 0.717) is 12.8 Å². The zero-order chi connectivity index (χ0) is 13.3. The molecule has 2 aromatic rings. The van der Waals surface area contributed by atoms with E-state index < -0.39 is 0 Å². The molecule has 1 aromatic carbocycles. The number of fused-ring (bicyclic) bond motifs is 1. The van der Waals surface area contributed by atoms with Crippen molar-refractivity contribution in [2.45, 2.75) is 44.1 Å². The summed E-state index contributed by atoms with van der Waals surface area (Å²) in [5.74, 6) is 0.285. The Morgan fingerprint density at radius 2 is 2.00 bits per heavy atom. The van der Waals surface area contributed by atoms with Gasteiger partial charge in [0.15, 0.2) is 0 Å². The highest BCUT2D eigenvalue weighted by molar-refractivity contribution is 7.17. The summed E-state index contributed by atoms with van der Waals surface area (Å²) < 4.78 is 1.26. The van der Waals surface area contributed by atoms with E-state index in [1.54, 1.807) is 11.3 Å². The van der Waals surface area contributed by atoms with Crippen LogP contribution < -0.4 is 5.73 Å². The summed E-state index contributed by atoms with van der Waals surface area (Å²) in [5.41, 5.74) is 7.22. The summed E-state index contributed by atoms with van der Waals surface area (Å²) in [6.07, 6.45) is 5.42. The molecule has 0 radical (unpaired) electrons. The summed E-state index contributed by atoms with van der Waals surface area (Å²) in [7, 11) is 0. The van der Waals surface area contributed by atoms with Crippen LogP contribution in [0.25, 0.3) is 10.1 Å². The van der Waals surface area contributed by atoms with E-state index in [0.717, 1.165) is 18.4 Å². The summed E-state index contributed by atoms with van der Waals surface area (Å²) >= 11 is 1.71. The maximum atomic E-state index is 12.2. The summed E-state index contributed by atoms with van der Waals surface area (Å²) in [5, 5.41) is 3.33. The van der Waals surface area contributed by atoms with Crippen LogP contribution in [-0.2, 0) is 11.2 Å². The Labute approximate surface area is 117 Å². The zero-order valence-corrected chi connectivity index (χ0v) is 11.8. The smallest absolute Gasteiger partial charge is 0.139 e. The van der Waals surface area contributed by atoms with E-state index >= 15 is 0 Å². The van der Waals surface area contributed by atoms with Gasteiger partial charge in [0.05, 0.1) is 0 Å². The lowest BCUT2D eigenvalue weighted by Gasteiger charge is -2.22. The Balaban J connectivity index is 1.72. The molecule has 1 saturated carbocycles. The zero-order valence-electron chi connectivity index (χ0n) is 11.0.